The first-order valence-corrected chi connectivity index (χ1v) is 8.87. The third-order valence-electron chi connectivity index (χ3n) is 3.76. The molecular formula is C20H23ClN2O3. The van der Waals surface area contributed by atoms with Gasteiger partial charge in [0.2, 0.25) is 5.91 Å². The van der Waals surface area contributed by atoms with Crippen molar-refractivity contribution in [1.29, 1.82) is 0 Å². The summed E-state index contributed by atoms with van der Waals surface area (Å²) < 4.78 is 5.54. The van der Waals surface area contributed by atoms with Gasteiger partial charge in [0.05, 0.1) is 6.54 Å². The molecule has 0 radical (unpaired) electrons. The number of halogens is 1. The predicted molar refractivity (Wildman–Crippen MR) is 102 cm³/mol. The molecule has 2 rings (SSSR count). The van der Waals surface area contributed by atoms with E-state index in [1.54, 1.807) is 48.5 Å². The quantitative estimate of drug-likeness (QED) is 0.697. The number of rotatable bonds is 8. The summed E-state index contributed by atoms with van der Waals surface area (Å²) in [6.45, 7) is 4.44. The molecule has 0 aromatic heterocycles. The van der Waals surface area contributed by atoms with Crippen molar-refractivity contribution in [3.63, 3.8) is 0 Å². The molecule has 0 bridgehead atoms. The molecular weight excluding hydrogens is 352 g/mol. The van der Waals surface area contributed by atoms with Gasteiger partial charge in [-0.3, -0.25) is 9.59 Å². The fourth-order valence-electron chi connectivity index (χ4n) is 2.33. The molecule has 0 fully saturated rings. The largest absolute Gasteiger partial charge is 0.492 e. The van der Waals surface area contributed by atoms with Crippen LogP contribution < -0.4 is 15.4 Å². The summed E-state index contributed by atoms with van der Waals surface area (Å²) in [5.74, 6) is 0.141. The summed E-state index contributed by atoms with van der Waals surface area (Å²) in [4.78, 5) is 24.7. The van der Waals surface area contributed by atoms with Crippen LogP contribution in [-0.2, 0) is 4.79 Å². The SMILES string of the molecule is CC(C)[C@@H](NC(=O)c1ccccc1)C(=O)NCCOc1ccc(Cl)cc1. The highest BCUT2D eigenvalue weighted by atomic mass is 35.5. The second-order valence-electron chi connectivity index (χ2n) is 6.15. The van der Waals surface area contributed by atoms with E-state index in [1.165, 1.54) is 0 Å². The van der Waals surface area contributed by atoms with Gasteiger partial charge in [0, 0.05) is 10.6 Å². The van der Waals surface area contributed by atoms with Crippen LogP contribution in [0, 0.1) is 5.92 Å². The average Bonchev–Trinajstić information content (AvgIpc) is 2.64. The van der Waals surface area contributed by atoms with Crippen molar-refractivity contribution in [3.05, 3.63) is 65.2 Å². The molecule has 0 spiro atoms. The summed E-state index contributed by atoms with van der Waals surface area (Å²) >= 11 is 5.82. The van der Waals surface area contributed by atoms with E-state index in [0.29, 0.717) is 29.5 Å². The van der Waals surface area contributed by atoms with Gasteiger partial charge in [-0.2, -0.15) is 0 Å². The Kier molecular flexibility index (Phi) is 7.48. The Morgan fingerprint density at radius 1 is 1.04 bits per heavy atom. The van der Waals surface area contributed by atoms with Crippen molar-refractivity contribution >= 4 is 23.4 Å². The molecule has 2 amide bonds. The predicted octanol–water partition coefficient (Wildman–Crippen LogP) is 3.29. The summed E-state index contributed by atoms with van der Waals surface area (Å²) in [6.07, 6.45) is 0. The van der Waals surface area contributed by atoms with Gasteiger partial charge >= 0.3 is 0 Å². The first kappa shape index (κ1) is 19.8. The third kappa shape index (κ3) is 6.08. The minimum atomic E-state index is -0.613. The molecule has 26 heavy (non-hydrogen) atoms. The summed E-state index contributed by atoms with van der Waals surface area (Å²) in [6, 6.07) is 15.2. The van der Waals surface area contributed by atoms with E-state index < -0.39 is 6.04 Å². The summed E-state index contributed by atoms with van der Waals surface area (Å²) in [5, 5.41) is 6.23. The van der Waals surface area contributed by atoms with Crippen LogP contribution in [0.3, 0.4) is 0 Å². The average molecular weight is 375 g/mol. The Hall–Kier alpha value is -2.53. The molecule has 5 nitrogen and oxygen atoms in total. The maximum Gasteiger partial charge on any atom is 0.251 e. The zero-order chi connectivity index (χ0) is 18.9. The van der Waals surface area contributed by atoms with E-state index >= 15 is 0 Å². The lowest BCUT2D eigenvalue weighted by Crippen LogP contribution is -2.50. The molecule has 0 saturated heterocycles. The molecule has 0 aliphatic carbocycles. The van der Waals surface area contributed by atoms with E-state index in [9.17, 15) is 9.59 Å². The fourth-order valence-corrected chi connectivity index (χ4v) is 2.46. The molecule has 0 aliphatic heterocycles. The van der Waals surface area contributed by atoms with Gasteiger partial charge in [0.1, 0.15) is 18.4 Å². The van der Waals surface area contributed by atoms with E-state index in [0.717, 1.165) is 0 Å². The van der Waals surface area contributed by atoms with Crippen LogP contribution in [0.1, 0.15) is 24.2 Å². The second kappa shape index (κ2) is 9.82. The summed E-state index contributed by atoms with van der Waals surface area (Å²) in [5.41, 5.74) is 0.525. The lowest BCUT2D eigenvalue weighted by Gasteiger charge is -2.21. The monoisotopic (exact) mass is 374 g/mol. The molecule has 0 saturated carbocycles. The van der Waals surface area contributed by atoms with Gasteiger partial charge in [-0.25, -0.2) is 0 Å². The van der Waals surface area contributed by atoms with Crippen LogP contribution in [0.4, 0.5) is 0 Å². The number of carbonyl (C=O) groups excluding carboxylic acids is 2. The molecule has 1 atom stereocenters. The number of benzene rings is 2. The Morgan fingerprint density at radius 3 is 2.31 bits per heavy atom. The standard InChI is InChI=1S/C20H23ClN2O3/c1-14(2)18(23-19(24)15-6-4-3-5-7-15)20(25)22-12-13-26-17-10-8-16(21)9-11-17/h3-11,14,18H,12-13H2,1-2H3,(H,22,25)(H,23,24)/t18-/m1/s1. The highest BCUT2D eigenvalue weighted by Crippen LogP contribution is 2.15. The first-order chi connectivity index (χ1) is 12.5. The number of hydrogen-bond donors (Lipinski definition) is 2. The van der Waals surface area contributed by atoms with Crippen LogP contribution in [0.2, 0.25) is 5.02 Å². The number of ether oxygens (including phenoxy) is 1. The van der Waals surface area contributed by atoms with Gasteiger partial charge in [0.15, 0.2) is 0 Å². The highest BCUT2D eigenvalue weighted by Gasteiger charge is 2.24. The lowest BCUT2D eigenvalue weighted by molar-refractivity contribution is -0.124. The molecule has 2 aromatic rings. The van der Waals surface area contributed by atoms with E-state index in [1.807, 2.05) is 19.9 Å². The topological polar surface area (TPSA) is 67.4 Å². The number of carbonyl (C=O) groups is 2. The van der Waals surface area contributed by atoms with Gasteiger partial charge in [-0.1, -0.05) is 43.6 Å². The number of amides is 2. The minimum absolute atomic E-state index is 0.0418. The van der Waals surface area contributed by atoms with Crippen LogP contribution in [0.25, 0.3) is 0 Å². The molecule has 138 valence electrons. The molecule has 2 aromatic carbocycles. The van der Waals surface area contributed by atoms with Crippen molar-refractivity contribution in [2.45, 2.75) is 19.9 Å². The first-order valence-electron chi connectivity index (χ1n) is 8.49. The summed E-state index contributed by atoms with van der Waals surface area (Å²) in [7, 11) is 0. The lowest BCUT2D eigenvalue weighted by atomic mass is 10.0. The Bertz CT molecular complexity index is 718. The van der Waals surface area contributed by atoms with Gasteiger partial charge in [-0.15, -0.1) is 0 Å². The Labute approximate surface area is 158 Å². The fraction of sp³-hybridized carbons (Fsp3) is 0.300. The molecule has 0 aliphatic rings. The van der Waals surface area contributed by atoms with Gasteiger partial charge < -0.3 is 15.4 Å². The maximum atomic E-state index is 12.4. The van der Waals surface area contributed by atoms with Crippen molar-refractivity contribution in [1.82, 2.24) is 10.6 Å². The van der Waals surface area contributed by atoms with Crippen molar-refractivity contribution < 1.29 is 14.3 Å². The van der Waals surface area contributed by atoms with E-state index in [4.69, 9.17) is 16.3 Å². The Morgan fingerprint density at radius 2 is 1.69 bits per heavy atom. The van der Waals surface area contributed by atoms with Crippen molar-refractivity contribution in [2.75, 3.05) is 13.2 Å². The van der Waals surface area contributed by atoms with E-state index in [-0.39, 0.29) is 17.7 Å². The zero-order valence-electron chi connectivity index (χ0n) is 14.9. The normalized spacial score (nSPS) is 11.7. The Balaban J connectivity index is 1.82. The maximum absolute atomic E-state index is 12.4. The van der Waals surface area contributed by atoms with Crippen molar-refractivity contribution in [3.8, 4) is 5.75 Å². The smallest absolute Gasteiger partial charge is 0.251 e. The van der Waals surface area contributed by atoms with Crippen LogP contribution in [0.15, 0.2) is 54.6 Å². The van der Waals surface area contributed by atoms with Crippen LogP contribution >= 0.6 is 11.6 Å². The third-order valence-corrected chi connectivity index (χ3v) is 4.01. The highest BCUT2D eigenvalue weighted by molar-refractivity contribution is 6.30. The van der Waals surface area contributed by atoms with Crippen molar-refractivity contribution in [2.24, 2.45) is 5.92 Å². The van der Waals surface area contributed by atoms with E-state index in [2.05, 4.69) is 10.6 Å². The molecule has 0 unspecified atom stereocenters. The molecule has 6 heteroatoms. The van der Waals surface area contributed by atoms with Crippen LogP contribution in [-0.4, -0.2) is 31.0 Å². The van der Waals surface area contributed by atoms with Gasteiger partial charge in [0.25, 0.3) is 5.91 Å². The second-order valence-corrected chi connectivity index (χ2v) is 6.59. The molecule has 0 heterocycles. The number of hydrogen-bond acceptors (Lipinski definition) is 3. The zero-order valence-corrected chi connectivity index (χ0v) is 15.6. The molecule has 2 N–H and O–H groups in total. The number of nitrogens with one attached hydrogen (secondary N) is 2. The van der Waals surface area contributed by atoms with Crippen LogP contribution in [0.5, 0.6) is 5.75 Å². The van der Waals surface area contributed by atoms with Gasteiger partial charge in [-0.05, 0) is 42.3 Å². The minimum Gasteiger partial charge on any atom is -0.492 e.